The van der Waals surface area contributed by atoms with Gasteiger partial charge < -0.3 is 15.1 Å². The van der Waals surface area contributed by atoms with Crippen molar-refractivity contribution >= 4 is 17.6 Å². The number of likely N-dealkylation sites (tertiary alicyclic amines) is 1. The Morgan fingerprint density at radius 2 is 2.03 bits per heavy atom. The summed E-state index contributed by atoms with van der Waals surface area (Å²) in [4.78, 5) is 41.3. The van der Waals surface area contributed by atoms with Gasteiger partial charge in [-0.2, -0.15) is 0 Å². The number of carbonyl (C=O) groups is 2. The Kier molecular flexibility index (Phi) is 7.10. The Bertz CT molecular complexity index is 801. The van der Waals surface area contributed by atoms with E-state index >= 15 is 0 Å². The summed E-state index contributed by atoms with van der Waals surface area (Å²) in [5.41, 5.74) is 0.964. The lowest BCUT2D eigenvalue weighted by Crippen LogP contribution is -2.42. The van der Waals surface area contributed by atoms with Crippen LogP contribution in [0.4, 0.5) is 5.82 Å². The zero-order valence-electron chi connectivity index (χ0n) is 17.0. The minimum absolute atomic E-state index is 0.0215. The molecule has 0 bridgehead atoms. The lowest BCUT2D eigenvalue weighted by Gasteiger charge is -2.27. The van der Waals surface area contributed by atoms with Crippen LogP contribution >= 0.6 is 0 Å². The van der Waals surface area contributed by atoms with Gasteiger partial charge in [-0.05, 0) is 25.0 Å². The highest BCUT2D eigenvalue weighted by Crippen LogP contribution is 2.21. The molecule has 2 aromatic rings. The molecule has 154 valence electrons. The van der Waals surface area contributed by atoms with Crippen LogP contribution in [0.3, 0.4) is 0 Å². The smallest absolute Gasteiger partial charge is 0.227 e. The van der Waals surface area contributed by atoms with Crippen molar-refractivity contribution < 1.29 is 9.59 Å². The molecule has 3 heterocycles. The number of aromatic nitrogens is 3. The molecule has 1 aliphatic heterocycles. The Morgan fingerprint density at radius 3 is 2.72 bits per heavy atom. The van der Waals surface area contributed by atoms with Gasteiger partial charge >= 0.3 is 0 Å². The van der Waals surface area contributed by atoms with Gasteiger partial charge in [0.1, 0.15) is 5.82 Å². The number of pyridine rings is 1. The first-order chi connectivity index (χ1) is 14.0. The summed E-state index contributed by atoms with van der Waals surface area (Å²) < 4.78 is 0. The summed E-state index contributed by atoms with van der Waals surface area (Å²) in [7, 11) is 1.82. The number of hydrogen-bond acceptors (Lipinski definition) is 6. The number of nitrogens with zero attached hydrogens (tertiary/aromatic N) is 5. The van der Waals surface area contributed by atoms with Gasteiger partial charge in [0, 0.05) is 70.4 Å². The summed E-state index contributed by atoms with van der Waals surface area (Å²) in [6.07, 6.45) is 8.89. The van der Waals surface area contributed by atoms with E-state index in [0.717, 1.165) is 12.1 Å². The molecule has 0 aromatic carbocycles. The largest absolute Gasteiger partial charge is 0.364 e. The summed E-state index contributed by atoms with van der Waals surface area (Å²) in [6.45, 7) is 3.15. The zero-order chi connectivity index (χ0) is 20.6. The van der Waals surface area contributed by atoms with Crippen molar-refractivity contribution in [2.24, 2.45) is 5.92 Å². The molecule has 1 fully saturated rings. The fraction of sp³-hybridized carbons (Fsp3) is 0.476. The van der Waals surface area contributed by atoms with Crippen molar-refractivity contribution in [3.05, 3.63) is 48.7 Å². The SMILES string of the molecule is CC(=O)N1C[C@@H](Nc2cnccn2)CC[C@@H](C(=O)N(C)CCc2ccccn2)C1. The van der Waals surface area contributed by atoms with Crippen molar-refractivity contribution in [2.45, 2.75) is 32.2 Å². The number of amides is 2. The number of likely N-dealkylation sites (N-methyl/N-ethyl adjacent to an activating group) is 1. The van der Waals surface area contributed by atoms with Gasteiger partial charge in [0.15, 0.2) is 0 Å². The van der Waals surface area contributed by atoms with Crippen LogP contribution in [-0.2, 0) is 16.0 Å². The third-order valence-electron chi connectivity index (χ3n) is 5.26. The van der Waals surface area contributed by atoms with Crippen molar-refractivity contribution in [2.75, 3.05) is 32.0 Å². The lowest BCUT2D eigenvalue weighted by atomic mass is 10.00. The Morgan fingerprint density at radius 1 is 1.17 bits per heavy atom. The molecule has 0 spiro atoms. The topological polar surface area (TPSA) is 91.3 Å². The molecule has 0 aliphatic carbocycles. The second kappa shape index (κ2) is 9.95. The Hall–Kier alpha value is -3.03. The molecule has 1 saturated heterocycles. The fourth-order valence-electron chi connectivity index (χ4n) is 3.60. The van der Waals surface area contributed by atoms with Gasteiger partial charge in [0.05, 0.1) is 12.1 Å². The van der Waals surface area contributed by atoms with Crippen molar-refractivity contribution in [3.8, 4) is 0 Å². The van der Waals surface area contributed by atoms with E-state index in [4.69, 9.17) is 0 Å². The molecular weight excluding hydrogens is 368 g/mol. The molecule has 0 saturated carbocycles. The second-order valence-corrected chi connectivity index (χ2v) is 7.46. The van der Waals surface area contributed by atoms with E-state index in [2.05, 4.69) is 20.3 Å². The maximum atomic E-state index is 13.0. The normalized spacial score (nSPS) is 19.3. The van der Waals surface area contributed by atoms with Crippen molar-refractivity contribution in [3.63, 3.8) is 0 Å². The van der Waals surface area contributed by atoms with Crippen LogP contribution in [0.5, 0.6) is 0 Å². The number of nitrogens with one attached hydrogen (secondary N) is 1. The standard InChI is InChI=1S/C21H28N6O2/c1-16(28)27-14-17(6-7-19(15-27)25-20-13-22-10-11-24-20)21(29)26(2)12-8-18-5-3-4-9-23-18/h3-5,9-11,13,17,19H,6-8,12,14-15H2,1-2H3,(H,24,25)/t17-,19+/m1/s1. The molecule has 0 unspecified atom stereocenters. The monoisotopic (exact) mass is 396 g/mol. The molecule has 2 atom stereocenters. The van der Waals surface area contributed by atoms with Crippen LogP contribution < -0.4 is 5.32 Å². The minimum Gasteiger partial charge on any atom is -0.364 e. The van der Waals surface area contributed by atoms with E-state index in [9.17, 15) is 9.59 Å². The molecule has 3 rings (SSSR count). The van der Waals surface area contributed by atoms with E-state index in [1.54, 1.807) is 41.5 Å². The molecule has 8 heteroatoms. The van der Waals surface area contributed by atoms with Crippen LogP contribution in [0, 0.1) is 5.92 Å². The first-order valence-corrected chi connectivity index (χ1v) is 9.96. The van der Waals surface area contributed by atoms with Crippen LogP contribution in [0.15, 0.2) is 43.0 Å². The molecule has 0 radical (unpaired) electrons. The third-order valence-corrected chi connectivity index (χ3v) is 5.26. The summed E-state index contributed by atoms with van der Waals surface area (Å²) >= 11 is 0. The van der Waals surface area contributed by atoms with Crippen LogP contribution in [-0.4, -0.2) is 69.3 Å². The average molecular weight is 396 g/mol. The molecule has 29 heavy (non-hydrogen) atoms. The predicted molar refractivity (Wildman–Crippen MR) is 110 cm³/mol. The van der Waals surface area contributed by atoms with Crippen LogP contribution in [0.1, 0.15) is 25.5 Å². The molecule has 2 aromatic heterocycles. The van der Waals surface area contributed by atoms with Gasteiger partial charge in [0.2, 0.25) is 11.8 Å². The number of hydrogen-bond donors (Lipinski definition) is 1. The Labute approximate surface area is 171 Å². The molecule has 1 aliphatic rings. The maximum absolute atomic E-state index is 13.0. The molecule has 2 amide bonds. The summed E-state index contributed by atoms with van der Waals surface area (Å²) in [6, 6.07) is 5.83. The number of rotatable bonds is 6. The minimum atomic E-state index is -0.207. The van der Waals surface area contributed by atoms with Gasteiger partial charge in [-0.15, -0.1) is 0 Å². The van der Waals surface area contributed by atoms with Crippen LogP contribution in [0.25, 0.3) is 0 Å². The molecule has 8 nitrogen and oxygen atoms in total. The van der Waals surface area contributed by atoms with Crippen molar-refractivity contribution in [1.82, 2.24) is 24.8 Å². The van der Waals surface area contributed by atoms with E-state index < -0.39 is 0 Å². The second-order valence-electron chi connectivity index (χ2n) is 7.46. The quantitative estimate of drug-likeness (QED) is 0.798. The average Bonchev–Trinajstić information content (AvgIpc) is 2.96. The first-order valence-electron chi connectivity index (χ1n) is 9.96. The van der Waals surface area contributed by atoms with Gasteiger partial charge in [-0.1, -0.05) is 6.07 Å². The van der Waals surface area contributed by atoms with E-state index in [1.165, 1.54) is 0 Å². The number of carbonyl (C=O) groups excluding carboxylic acids is 2. The molecular formula is C21H28N6O2. The van der Waals surface area contributed by atoms with E-state index in [0.29, 0.717) is 38.3 Å². The van der Waals surface area contributed by atoms with E-state index in [1.807, 2.05) is 25.2 Å². The van der Waals surface area contributed by atoms with Gasteiger partial charge in [-0.3, -0.25) is 19.6 Å². The fourth-order valence-corrected chi connectivity index (χ4v) is 3.60. The Balaban J connectivity index is 1.61. The van der Waals surface area contributed by atoms with Crippen molar-refractivity contribution in [1.29, 1.82) is 0 Å². The molecule has 1 N–H and O–H groups in total. The first kappa shape index (κ1) is 20.7. The van der Waals surface area contributed by atoms with Gasteiger partial charge in [0.25, 0.3) is 0 Å². The third kappa shape index (κ3) is 5.97. The highest BCUT2D eigenvalue weighted by Gasteiger charge is 2.31. The summed E-state index contributed by atoms with van der Waals surface area (Å²) in [5.74, 6) is 0.527. The summed E-state index contributed by atoms with van der Waals surface area (Å²) in [5, 5.41) is 3.34. The zero-order valence-corrected chi connectivity index (χ0v) is 17.0. The maximum Gasteiger partial charge on any atom is 0.227 e. The van der Waals surface area contributed by atoms with Crippen LogP contribution in [0.2, 0.25) is 0 Å². The van der Waals surface area contributed by atoms with Gasteiger partial charge in [-0.25, -0.2) is 4.98 Å². The highest BCUT2D eigenvalue weighted by atomic mass is 16.2. The predicted octanol–water partition coefficient (Wildman–Crippen LogP) is 1.61. The van der Waals surface area contributed by atoms with E-state index in [-0.39, 0.29) is 23.8 Å². The lowest BCUT2D eigenvalue weighted by molar-refractivity contribution is -0.136. The number of anilines is 1. The highest BCUT2D eigenvalue weighted by molar-refractivity contribution is 5.80.